The smallest absolute Gasteiger partial charge is 0.217 e. The first-order chi connectivity index (χ1) is 20.4. The first-order valence-electron chi connectivity index (χ1n) is 15.2. The summed E-state index contributed by atoms with van der Waals surface area (Å²) in [7, 11) is 0. The molecule has 1 saturated carbocycles. The van der Waals surface area contributed by atoms with Crippen LogP contribution in [0, 0.1) is 5.92 Å². The maximum absolute atomic E-state index is 11.4. The van der Waals surface area contributed by atoms with Crippen molar-refractivity contribution >= 4 is 5.91 Å². The van der Waals surface area contributed by atoms with Gasteiger partial charge in [0.15, 0.2) is 6.29 Å². The molecular formula is C36H44N2O4. The fraction of sp³-hybridized carbons (Fsp3) is 0.417. The van der Waals surface area contributed by atoms with Gasteiger partial charge < -0.3 is 19.9 Å². The fourth-order valence-electron chi connectivity index (χ4n) is 6.29. The molecule has 6 heteroatoms. The van der Waals surface area contributed by atoms with Gasteiger partial charge in [0.05, 0.1) is 18.8 Å². The molecule has 3 aromatic carbocycles. The monoisotopic (exact) mass is 568 g/mol. The Morgan fingerprint density at radius 2 is 1.69 bits per heavy atom. The van der Waals surface area contributed by atoms with Crippen LogP contribution in [-0.4, -0.2) is 41.1 Å². The third-order valence-electron chi connectivity index (χ3n) is 8.73. The van der Waals surface area contributed by atoms with Crippen LogP contribution in [0.2, 0.25) is 0 Å². The summed E-state index contributed by atoms with van der Waals surface area (Å²) < 4.78 is 13.5. The molecule has 2 fully saturated rings. The normalized spacial score (nSPS) is 22.8. The van der Waals surface area contributed by atoms with Crippen molar-refractivity contribution in [3.05, 3.63) is 108 Å². The minimum atomic E-state index is -0.497. The summed E-state index contributed by atoms with van der Waals surface area (Å²) in [5, 5.41) is 12.4. The molecular weight excluding hydrogens is 524 g/mol. The Hall–Kier alpha value is -3.29. The molecule has 3 aromatic rings. The van der Waals surface area contributed by atoms with Crippen molar-refractivity contribution in [3.63, 3.8) is 0 Å². The van der Waals surface area contributed by atoms with E-state index in [4.69, 9.17) is 9.47 Å². The maximum Gasteiger partial charge on any atom is 0.217 e. The largest absolute Gasteiger partial charge is 0.392 e. The highest BCUT2D eigenvalue weighted by Gasteiger charge is 2.40. The lowest BCUT2D eigenvalue weighted by Gasteiger charge is -2.43. The molecule has 4 atom stereocenters. The summed E-state index contributed by atoms with van der Waals surface area (Å²) in [4.78, 5) is 13.9. The highest BCUT2D eigenvalue weighted by atomic mass is 16.7. The third-order valence-corrected chi connectivity index (χ3v) is 8.73. The Bertz CT molecular complexity index is 1320. The maximum atomic E-state index is 11.4. The first kappa shape index (κ1) is 30.2. The van der Waals surface area contributed by atoms with Crippen LogP contribution in [0.25, 0.3) is 11.1 Å². The second-order valence-electron chi connectivity index (χ2n) is 11.7. The quantitative estimate of drug-likeness (QED) is 0.252. The lowest BCUT2D eigenvalue weighted by molar-refractivity contribution is -0.276. The molecule has 0 radical (unpaired) electrons. The van der Waals surface area contributed by atoms with Gasteiger partial charge in [0, 0.05) is 44.1 Å². The second kappa shape index (κ2) is 14.3. The molecule has 1 amide bonds. The van der Waals surface area contributed by atoms with E-state index in [0.717, 1.165) is 46.5 Å². The topological polar surface area (TPSA) is 71.0 Å². The molecule has 222 valence electrons. The Labute approximate surface area is 250 Å². The number of ether oxygens (including phenoxy) is 2. The van der Waals surface area contributed by atoms with Crippen molar-refractivity contribution in [1.82, 2.24) is 10.2 Å². The molecule has 6 nitrogen and oxygen atoms in total. The van der Waals surface area contributed by atoms with Crippen molar-refractivity contribution in [2.45, 2.75) is 77.2 Å². The van der Waals surface area contributed by atoms with E-state index in [1.807, 2.05) is 30.3 Å². The summed E-state index contributed by atoms with van der Waals surface area (Å²) in [5.74, 6) is 0.101. The van der Waals surface area contributed by atoms with E-state index in [-0.39, 0.29) is 30.6 Å². The SMILES string of the molecule is C=CCN(C[C@@H]1O[C@H](c2ccc(-c3cccc(CNC(C)=O)c3)cc2)O[C@H](c2ccc(CO)cc2)[C@@H]1C)C1CCCC1. The Kier molecular flexibility index (Phi) is 10.2. The molecule has 1 aliphatic carbocycles. The molecule has 2 N–H and O–H groups in total. The number of carbonyl (C=O) groups excluding carboxylic acids is 1. The molecule has 0 spiro atoms. The van der Waals surface area contributed by atoms with E-state index in [2.05, 4.69) is 72.3 Å². The third kappa shape index (κ3) is 7.37. The zero-order valence-electron chi connectivity index (χ0n) is 24.9. The number of hydrogen-bond acceptors (Lipinski definition) is 5. The molecule has 42 heavy (non-hydrogen) atoms. The number of aliphatic hydroxyl groups is 1. The average Bonchev–Trinajstić information content (AvgIpc) is 3.56. The van der Waals surface area contributed by atoms with Crippen molar-refractivity contribution in [3.8, 4) is 11.1 Å². The van der Waals surface area contributed by atoms with Crippen molar-refractivity contribution in [2.24, 2.45) is 5.92 Å². The van der Waals surface area contributed by atoms with Crippen LogP contribution < -0.4 is 5.32 Å². The Balaban J connectivity index is 1.39. The summed E-state index contributed by atoms with van der Waals surface area (Å²) in [6, 6.07) is 25.3. The van der Waals surface area contributed by atoms with Gasteiger partial charge in [-0.25, -0.2) is 0 Å². The van der Waals surface area contributed by atoms with Gasteiger partial charge in [0.2, 0.25) is 5.91 Å². The van der Waals surface area contributed by atoms with Crippen LogP contribution in [0.5, 0.6) is 0 Å². The van der Waals surface area contributed by atoms with Crippen molar-refractivity contribution in [1.29, 1.82) is 0 Å². The van der Waals surface area contributed by atoms with E-state index in [1.54, 1.807) is 0 Å². The van der Waals surface area contributed by atoms with Gasteiger partial charge >= 0.3 is 0 Å². The Morgan fingerprint density at radius 3 is 2.36 bits per heavy atom. The second-order valence-corrected chi connectivity index (χ2v) is 11.7. The minimum Gasteiger partial charge on any atom is -0.392 e. The number of nitrogens with zero attached hydrogens (tertiary/aromatic N) is 1. The number of nitrogens with one attached hydrogen (secondary N) is 1. The number of benzene rings is 3. The zero-order valence-corrected chi connectivity index (χ0v) is 24.9. The van der Waals surface area contributed by atoms with E-state index in [0.29, 0.717) is 12.6 Å². The van der Waals surface area contributed by atoms with Crippen LogP contribution in [-0.2, 0) is 27.4 Å². The first-order valence-corrected chi connectivity index (χ1v) is 15.2. The van der Waals surface area contributed by atoms with Gasteiger partial charge in [-0.2, -0.15) is 0 Å². The van der Waals surface area contributed by atoms with E-state index < -0.39 is 6.29 Å². The van der Waals surface area contributed by atoms with Crippen LogP contribution >= 0.6 is 0 Å². The van der Waals surface area contributed by atoms with Gasteiger partial charge in [-0.3, -0.25) is 9.69 Å². The number of aliphatic hydroxyl groups excluding tert-OH is 1. The zero-order chi connectivity index (χ0) is 29.5. The van der Waals surface area contributed by atoms with Crippen LogP contribution in [0.3, 0.4) is 0 Å². The number of rotatable bonds is 11. The van der Waals surface area contributed by atoms with Crippen molar-refractivity contribution in [2.75, 3.05) is 13.1 Å². The molecule has 1 aliphatic heterocycles. The molecule has 0 unspecified atom stereocenters. The summed E-state index contributed by atoms with van der Waals surface area (Å²) in [6.07, 6.45) is 6.39. The minimum absolute atomic E-state index is 0.0167. The van der Waals surface area contributed by atoms with E-state index in [9.17, 15) is 9.90 Å². The molecule has 0 bridgehead atoms. The predicted molar refractivity (Wildman–Crippen MR) is 166 cm³/mol. The van der Waals surface area contributed by atoms with Crippen LogP contribution in [0.4, 0.5) is 0 Å². The highest BCUT2D eigenvalue weighted by molar-refractivity contribution is 5.73. The van der Waals surface area contributed by atoms with Crippen LogP contribution in [0.15, 0.2) is 85.5 Å². The summed E-state index contributed by atoms with van der Waals surface area (Å²) in [5.41, 5.74) is 6.23. The summed E-state index contributed by atoms with van der Waals surface area (Å²) >= 11 is 0. The van der Waals surface area contributed by atoms with E-state index >= 15 is 0 Å². The van der Waals surface area contributed by atoms with Crippen LogP contribution in [0.1, 0.15) is 74.2 Å². The summed E-state index contributed by atoms with van der Waals surface area (Å²) in [6.45, 7) is 10.0. The van der Waals surface area contributed by atoms with Gasteiger partial charge in [-0.1, -0.05) is 92.6 Å². The predicted octanol–water partition coefficient (Wildman–Crippen LogP) is 6.70. The lowest BCUT2D eigenvalue weighted by Crippen LogP contribution is -2.47. The van der Waals surface area contributed by atoms with Gasteiger partial charge in [0.1, 0.15) is 0 Å². The van der Waals surface area contributed by atoms with Gasteiger partial charge in [0.25, 0.3) is 0 Å². The average molecular weight is 569 g/mol. The van der Waals surface area contributed by atoms with Gasteiger partial charge in [-0.15, -0.1) is 6.58 Å². The van der Waals surface area contributed by atoms with Crippen molar-refractivity contribution < 1.29 is 19.4 Å². The molecule has 1 heterocycles. The molecule has 0 aromatic heterocycles. The fourth-order valence-corrected chi connectivity index (χ4v) is 6.29. The molecule has 5 rings (SSSR count). The van der Waals surface area contributed by atoms with Gasteiger partial charge in [-0.05, 0) is 46.7 Å². The standard InChI is InChI=1S/C36H44N2O4/c1-4-20-38(33-10-5-6-11-33)23-34-25(2)35(30-14-12-27(24-39)13-15-30)42-36(41-34)31-18-16-29(17-19-31)32-9-7-8-28(21-32)22-37-26(3)40/h4,7-9,12-19,21,25,33-36,39H,1,5-6,10-11,20,22-24H2,2-3H3,(H,37,40)/t25-,34+,35+,36+/m1/s1. The lowest BCUT2D eigenvalue weighted by atomic mass is 9.89. The molecule has 1 saturated heterocycles. The number of hydrogen-bond donors (Lipinski definition) is 2. The Morgan fingerprint density at radius 1 is 0.976 bits per heavy atom. The number of carbonyl (C=O) groups is 1. The molecule has 2 aliphatic rings. The number of amides is 1. The highest BCUT2D eigenvalue weighted by Crippen LogP contribution is 2.42. The van der Waals surface area contributed by atoms with E-state index in [1.165, 1.54) is 32.6 Å².